The van der Waals surface area contributed by atoms with Crippen molar-refractivity contribution in [1.29, 1.82) is 0 Å². The second-order valence-electron chi connectivity index (χ2n) is 7.45. The third-order valence-corrected chi connectivity index (χ3v) is 6.41. The molecule has 28 heavy (non-hydrogen) atoms. The molecule has 9 nitrogen and oxygen atoms in total. The van der Waals surface area contributed by atoms with E-state index >= 15 is 0 Å². The van der Waals surface area contributed by atoms with Crippen LogP contribution in [0.15, 0.2) is 21.9 Å². The number of rotatable bonds is 7. The van der Waals surface area contributed by atoms with E-state index in [1.54, 1.807) is 11.8 Å². The molecular formula is C18H26N4O5S. The van der Waals surface area contributed by atoms with E-state index in [1.165, 1.54) is 12.3 Å². The molecule has 0 radical (unpaired) electrons. The van der Waals surface area contributed by atoms with Crippen molar-refractivity contribution in [2.45, 2.75) is 50.3 Å². The first kappa shape index (κ1) is 20.7. The molecule has 1 atom stereocenters. The summed E-state index contributed by atoms with van der Waals surface area (Å²) in [6.45, 7) is 0.867. The number of aromatic amines is 1. The van der Waals surface area contributed by atoms with Crippen LogP contribution in [0.2, 0.25) is 0 Å². The van der Waals surface area contributed by atoms with E-state index in [9.17, 15) is 24.3 Å². The lowest BCUT2D eigenvalue weighted by atomic mass is 9.77. The van der Waals surface area contributed by atoms with E-state index in [-0.39, 0.29) is 30.8 Å². The molecule has 2 aliphatic rings. The molecule has 0 bridgehead atoms. The van der Waals surface area contributed by atoms with Gasteiger partial charge in [0.25, 0.3) is 5.56 Å². The molecule has 3 rings (SSSR count). The molecule has 1 saturated heterocycles. The maximum Gasteiger partial charge on any atom is 0.328 e. The fourth-order valence-corrected chi connectivity index (χ4v) is 4.64. The standard InChI is InChI=1S/C18H26N4O5S/c23-14-3-7-21(17(26)20-14)11-15(24)19-6-2-13-12-28-9-8-22(13)16(25)10-18(27)4-1-5-18/h3,7,13,27H,1-2,4-6,8-12H2,(H,19,24)(H,20,23,26). The van der Waals surface area contributed by atoms with Gasteiger partial charge in [-0.25, -0.2) is 4.79 Å². The zero-order chi connectivity index (χ0) is 20.1. The van der Waals surface area contributed by atoms with Gasteiger partial charge in [0.2, 0.25) is 11.8 Å². The highest BCUT2D eigenvalue weighted by Gasteiger charge is 2.39. The molecule has 1 saturated carbocycles. The van der Waals surface area contributed by atoms with Crippen LogP contribution in [0.4, 0.5) is 0 Å². The first-order chi connectivity index (χ1) is 13.4. The summed E-state index contributed by atoms with van der Waals surface area (Å²) in [7, 11) is 0. The number of H-pyrrole nitrogens is 1. The number of hydrogen-bond donors (Lipinski definition) is 3. The van der Waals surface area contributed by atoms with Crippen molar-refractivity contribution in [3.05, 3.63) is 33.1 Å². The maximum absolute atomic E-state index is 12.6. The number of aliphatic hydroxyl groups is 1. The van der Waals surface area contributed by atoms with Crippen molar-refractivity contribution in [2.24, 2.45) is 0 Å². The van der Waals surface area contributed by atoms with Gasteiger partial charge in [0.1, 0.15) is 6.54 Å². The van der Waals surface area contributed by atoms with E-state index in [1.807, 2.05) is 4.90 Å². The van der Waals surface area contributed by atoms with Crippen molar-refractivity contribution < 1.29 is 14.7 Å². The molecule has 1 unspecified atom stereocenters. The minimum absolute atomic E-state index is 0.0152. The topological polar surface area (TPSA) is 125 Å². The van der Waals surface area contributed by atoms with Gasteiger partial charge in [0, 0.05) is 42.9 Å². The molecule has 1 aliphatic heterocycles. The first-order valence-corrected chi connectivity index (χ1v) is 10.7. The first-order valence-electron chi connectivity index (χ1n) is 9.52. The van der Waals surface area contributed by atoms with Crippen molar-refractivity contribution in [3.63, 3.8) is 0 Å². The summed E-state index contributed by atoms with van der Waals surface area (Å²) in [5, 5.41) is 13.0. The van der Waals surface area contributed by atoms with Gasteiger partial charge in [-0.15, -0.1) is 0 Å². The normalized spacial score (nSPS) is 21.0. The van der Waals surface area contributed by atoms with E-state index in [2.05, 4.69) is 10.3 Å². The lowest BCUT2D eigenvalue weighted by Gasteiger charge is -2.41. The Morgan fingerprint density at radius 3 is 2.82 bits per heavy atom. The number of hydrogen-bond acceptors (Lipinski definition) is 6. The predicted octanol–water partition coefficient (Wildman–Crippen LogP) is -0.708. The van der Waals surface area contributed by atoms with Crippen LogP contribution < -0.4 is 16.6 Å². The highest BCUT2D eigenvalue weighted by molar-refractivity contribution is 7.99. The number of amides is 2. The van der Waals surface area contributed by atoms with Gasteiger partial charge >= 0.3 is 5.69 Å². The molecule has 2 heterocycles. The van der Waals surface area contributed by atoms with E-state index in [0.717, 1.165) is 22.5 Å². The Hall–Kier alpha value is -2.07. The van der Waals surface area contributed by atoms with Crippen molar-refractivity contribution in [1.82, 2.24) is 19.8 Å². The number of carbonyl (C=O) groups excluding carboxylic acids is 2. The molecule has 1 aromatic rings. The van der Waals surface area contributed by atoms with Crippen molar-refractivity contribution in [3.8, 4) is 0 Å². The Morgan fingerprint density at radius 1 is 1.36 bits per heavy atom. The average molecular weight is 410 g/mol. The van der Waals surface area contributed by atoms with Crippen LogP contribution in [0.25, 0.3) is 0 Å². The zero-order valence-electron chi connectivity index (χ0n) is 15.7. The van der Waals surface area contributed by atoms with E-state index < -0.39 is 16.9 Å². The minimum Gasteiger partial charge on any atom is -0.389 e. The van der Waals surface area contributed by atoms with E-state index in [0.29, 0.717) is 32.4 Å². The number of nitrogens with one attached hydrogen (secondary N) is 2. The number of carbonyl (C=O) groups is 2. The summed E-state index contributed by atoms with van der Waals surface area (Å²) in [6, 6.07) is 1.21. The fraction of sp³-hybridized carbons (Fsp3) is 0.667. The van der Waals surface area contributed by atoms with Gasteiger partial charge in [-0.05, 0) is 25.7 Å². The molecule has 3 N–H and O–H groups in total. The van der Waals surface area contributed by atoms with Crippen LogP contribution in [0.3, 0.4) is 0 Å². The smallest absolute Gasteiger partial charge is 0.328 e. The minimum atomic E-state index is -0.829. The third kappa shape index (κ3) is 5.26. The highest BCUT2D eigenvalue weighted by Crippen LogP contribution is 2.35. The van der Waals surface area contributed by atoms with Gasteiger partial charge in [0.15, 0.2) is 0 Å². The molecule has 154 valence electrons. The molecule has 2 fully saturated rings. The van der Waals surface area contributed by atoms with Gasteiger partial charge in [-0.3, -0.25) is 23.9 Å². The van der Waals surface area contributed by atoms with Crippen LogP contribution >= 0.6 is 11.8 Å². The summed E-state index contributed by atoms with van der Waals surface area (Å²) in [5.74, 6) is 1.33. The van der Waals surface area contributed by atoms with Gasteiger partial charge in [-0.1, -0.05) is 0 Å². The quantitative estimate of drug-likeness (QED) is 0.546. The molecule has 0 spiro atoms. The summed E-state index contributed by atoms with van der Waals surface area (Å²) in [6.07, 6.45) is 4.41. The van der Waals surface area contributed by atoms with Crippen molar-refractivity contribution in [2.75, 3.05) is 24.6 Å². The number of nitrogens with zero attached hydrogens (tertiary/aromatic N) is 2. The van der Waals surface area contributed by atoms with Crippen LogP contribution in [0, 0.1) is 0 Å². The fourth-order valence-electron chi connectivity index (χ4n) is 3.52. The largest absolute Gasteiger partial charge is 0.389 e. The molecule has 2 amide bonds. The molecule has 10 heteroatoms. The van der Waals surface area contributed by atoms with E-state index in [4.69, 9.17) is 0 Å². The Labute approximate surface area is 166 Å². The van der Waals surface area contributed by atoms with Crippen LogP contribution in [-0.4, -0.2) is 67.6 Å². The molecular weight excluding hydrogens is 384 g/mol. The lowest BCUT2D eigenvalue weighted by Crippen LogP contribution is -2.51. The summed E-state index contributed by atoms with van der Waals surface area (Å²) in [4.78, 5) is 51.3. The Balaban J connectivity index is 1.47. The van der Waals surface area contributed by atoms with Gasteiger partial charge < -0.3 is 15.3 Å². The monoisotopic (exact) mass is 410 g/mol. The van der Waals surface area contributed by atoms with Crippen molar-refractivity contribution >= 4 is 23.6 Å². The summed E-state index contributed by atoms with van der Waals surface area (Å²) >= 11 is 1.78. The lowest BCUT2D eigenvalue weighted by molar-refractivity contribution is -0.142. The zero-order valence-corrected chi connectivity index (χ0v) is 16.5. The Kier molecular flexibility index (Phi) is 6.61. The SMILES string of the molecule is O=C(Cn1ccc(=O)[nH]c1=O)NCCC1CSCCN1C(=O)CC1(O)CCC1. The molecule has 1 aliphatic carbocycles. The van der Waals surface area contributed by atoms with Gasteiger partial charge in [-0.2, -0.15) is 11.8 Å². The van der Waals surface area contributed by atoms with Crippen LogP contribution in [-0.2, 0) is 16.1 Å². The number of thioether (sulfide) groups is 1. The maximum atomic E-state index is 12.6. The average Bonchev–Trinajstić information content (AvgIpc) is 2.63. The number of aromatic nitrogens is 2. The molecule has 1 aromatic heterocycles. The second-order valence-corrected chi connectivity index (χ2v) is 8.60. The predicted molar refractivity (Wildman–Crippen MR) is 105 cm³/mol. The van der Waals surface area contributed by atoms with Crippen LogP contribution in [0.5, 0.6) is 0 Å². The molecule has 0 aromatic carbocycles. The Morgan fingerprint density at radius 2 is 2.14 bits per heavy atom. The summed E-state index contributed by atoms with van der Waals surface area (Å²) in [5.41, 5.74) is -1.96. The van der Waals surface area contributed by atoms with Gasteiger partial charge in [0.05, 0.1) is 12.0 Å². The van der Waals surface area contributed by atoms with Crippen LogP contribution in [0.1, 0.15) is 32.1 Å². The highest BCUT2D eigenvalue weighted by atomic mass is 32.2. The Bertz CT molecular complexity index is 832. The third-order valence-electron chi connectivity index (χ3n) is 5.32. The second kappa shape index (κ2) is 8.95. The summed E-state index contributed by atoms with van der Waals surface area (Å²) < 4.78 is 1.13.